The lowest BCUT2D eigenvalue weighted by Crippen LogP contribution is -2.42. The molecule has 1 aliphatic heterocycles. The Balaban J connectivity index is 1.95. The number of halogens is 3. The van der Waals surface area contributed by atoms with E-state index in [9.17, 15) is 18.0 Å². The standard InChI is InChI=1S/C11H12F3NO2S2/c12-11(13,14)8(16)5-15-10(17)9-6-1-3-18-7(6)2-4-19-9/h1,3,8-9,16H,2,4-5H2,(H,15,17)/t8-,9-/m1/s1. The molecule has 0 aliphatic carbocycles. The molecule has 2 N–H and O–H groups in total. The summed E-state index contributed by atoms with van der Waals surface area (Å²) in [6.45, 7) is -0.807. The Bertz CT molecular complexity index is 461. The number of thiophene rings is 1. The van der Waals surface area contributed by atoms with E-state index in [-0.39, 0.29) is 0 Å². The van der Waals surface area contributed by atoms with Gasteiger partial charge < -0.3 is 10.4 Å². The van der Waals surface area contributed by atoms with E-state index in [4.69, 9.17) is 5.11 Å². The highest BCUT2D eigenvalue weighted by Gasteiger charge is 2.39. The molecule has 19 heavy (non-hydrogen) atoms. The minimum atomic E-state index is -4.71. The molecule has 0 aromatic carbocycles. The molecule has 0 fully saturated rings. The highest BCUT2D eigenvalue weighted by molar-refractivity contribution is 8.00. The summed E-state index contributed by atoms with van der Waals surface area (Å²) in [5.41, 5.74) is 0.875. The molecule has 106 valence electrons. The van der Waals surface area contributed by atoms with Crippen LogP contribution in [0, 0.1) is 0 Å². The first-order valence-electron chi connectivity index (χ1n) is 5.60. The molecule has 2 rings (SSSR count). The van der Waals surface area contributed by atoms with E-state index >= 15 is 0 Å². The fraction of sp³-hybridized carbons (Fsp3) is 0.545. The predicted molar refractivity (Wildman–Crippen MR) is 68.3 cm³/mol. The maximum Gasteiger partial charge on any atom is 0.416 e. The van der Waals surface area contributed by atoms with E-state index in [0.29, 0.717) is 0 Å². The summed E-state index contributed by atoms with van der Waals surface area (Å²) in [5.74, 6) is 0.292. The van der Waals surface area contributed by atoms with Crippen molar-refractivity contribution in [2.45, 2.75) is 24.0 Å². The summed E-state index contributed by atoms with van der Waals surface area (Å²) >= 11 is 2.96. The third-order valence-corrected chi connectivity index (χ3v) is 5.00. The van der Waals surface area contributed by atoms with Crippen LogP contribution in [0.3, 0.4) is 0 Å². The highest BCUT2D eigenvalue weighted by atomic mass is 32.2. The number of carbonyl (C=O) groups excluding carboxylic acids is 1. The Morgan fingerprint density at radius 3 is 3.00 bits per heavy atom. The lowest BCUT2D eigenvalue weighted by molar-refractivity contribution is -0.201. The quantitative estimate of drug-likeness (QED) is 0.899. The fourth-order valence-electron chi connectivity index (χ4n) is 1.77. The van der Waals surface area contributed by atoms with Crippen LogP contribution in [0.5, 0.6) is 0 Å². The summed E-state index contributed by atoms with van der Waals surface area (Å²) < 4.78 is 36.4. The smallest absolute Gasteiger partial charge is 0.382 e. The molecule has 0 saturated carbocycles. The normalized spacial score (nSPS) is 20.7. The molecule has 1 amide bonds. The molecule has 8 heteroatoms. The zero-order chi connectivity index (χ0) is 14.0. The number of rotatable bonds is 3. The maximum absolute atomic E-state index is 12.1. The number of thioether (sulfide) groups is 1. The highest BCUT2D eigenvalue weighted by Crippen LogP contribution is 2.39. The summed E-state index contributed by atoms with van der Waals surface area (Å²) in [4.78, 5) is 13.0. The molecular weight excluding hydrogens is 299 g/mol. The van der Waals surface area contributed by atoms with Crippen LogP contribution in [0.1, 0.15) is 15.7 Å². The third kappa shape index (κ3) is 3.43. The first-order valence-corrected chi connectivity index (χ1v) is 7.53. The van der Waals surface area contributed by atoms with Crippen LogP contribution in [0.4, 0.5) is 13.2 Å². The first-order chi connectivity index (χ1) is 8.89. The first kappa shape index (κ1) is 14.7. The van der Waals surface area contributed by atoms with Gasteiger partial charge in [0.25, 0.3) is 0 Å². The van der Waals surface area contributed by atoms with Gasteiger partial charge in [-0.05, 0) is 29.2 Å². The number of hydrogen-bond donors (Lipinski definition) is 2. The van der Waals surface area contributed by atoms with E-state index in [1.165, 1.54) is 11.8 Å². The Morgan fingerprint density at radius 2 is 2.32 bits per heavy atom. The van der Waals surface area contributed by atoms with Gasteiger partial charge in [0, 0.05) is 4.88 Å². The van der Waals surface area contributed by atoms with E-state index in [1.807, 2.05) is 11.4 Å². The lowest BCUT2D eigenvalue weighted by atomic mass is 10.1. The molecule has 1 aromatic rings. The van der Waals surface area contributed by atoms with Gasteiger partial charge in [-0.25, -0.2) is 0 Å². The van der Waals surface area contributed by atoms with Gasteiger partial charge in [-0.3, -0.25) is 4.79 Å². The second-order valence-corrected chi connectivity index (χ2v) is 6.32. The average molecular weight is 311 g/mol. The van der Waals surface area contributed by atoms with Gasteiger partial charge in [0.2, 0.25) is 5.91 Å². The van der Waals surface area contributed by atoms with Crippen molar-refractivity contribution in [3.05, 3.63) is 21.9 Å². The van der Waals surface area contributed by atoms with Crippen molar-refractivity contribution in [3.63, 3.8) is 0 Å². The van der Waals surface area contributed by atoms with E-state index < -0.39 is 30.0 Å². The van der Waals surface area contributed by atoms with Crippen LogP contribution in [0.25, 0.3) is 0 Å². The number of aliphatic hydroxyl groups is 1. The van der Waals surface area contributed by atoms with Crippen molar-refractivity contribution in [1.29, 1.82) is 0 Å². The number of nitrogens with one attached hydrogen (secondary N) is 1. The molecular formula is C11H12F3NO2S2. The molecule has 2 heterocycles. The predicted octanol–water partition coefficient (Wildman–Crippen LogP) is 2.12. The third-order valence-electron chi connectivity index (χ3n) is 2.76. The molecule has 1 aliphatic rings. The van der Waals surface area contributed by atoms with Crippen molar-refractivity contribution in [2.75, 3.05) is 12.3 Å². The average Bonchev–Trinajstić information content (AvgIpc) is 2.82. The van der Waals surface area contributed by atoms with Crippen LogP contribution in [-0.2, 0) is 11.2 Å². The van der Waals surface area contributed by atoms with Crippen LogP contribution in [0.2, 0.25) is 0 Å². The zero-order valence-corrected chi connectivity index (χ0v) is 11.4. The van der Waals surface area contributed by atoms with Gasteiger partial charge in [0.05, 0.1) is 6.54 Å². The van der Waals surface area contributed by atoms with Crippen molar-refractivity contribution in [2.24, 2.45) is 0 Å². The summed E-state index contributed by atoms with van der Waals surface area (Å²) in [5, 5.41) is 12.4. The lowest BCUT2D eigenvalue weighted by Gasteiger charge is -2.22. The summed E-state index contributed by atoms with van der Waals surface area (Å²) in [6, 6.07) is 1.83. The van der Waals surface area contributed by atoms with Gasteiger partial charge in [-0.2, -0.15) is 13.2 Å². The largest absolute Gasteiger partial charge is 0.416 e. The second-order valence-electron chi connectivity index (χ2n) is 4.10. The van der Waals surface area contributed by atoms with Crippen molar-refractivity contribution >= 4 is 29.0 Å². The van der Waals surface area contributed by atoms with Gasteiger partial charge in [-0.15, -0.1) is 23.1 Å². The van der Waals surface area contributed by atoms with E-state index in [1.54, 1.807) is 11.3 Å². The molecule has 3 nitrogen and oxygen atoms in total. The van der Waals surface area contributed by atoms with Crippen molar-refractivity contribution in [3.8, 4) is 0 Å². The van der Waals surface area contributed by atoms with Gasteiger partial charge in [0.15, 0.2) is 6.10 Å². The van der Waals surface area contributed by atoms with Crippen molar-refractivity contribution < 1.29 is 23.1 Å². The topological polar surface area (TPSA) is 49.3 Å². The number of aryl methyl sites for hydroxylation is 1. The second kappa shape index (κ2) is 5.72. The number of amides is 1. The van der Waals surface area contributed by atoms with Crippen molar-refractivity contribution in [1.82, 2.24) is 5.32 Å². The number of alkyl halides is 3. The monoisotopic (exact) mass is 311 g/mol. The van der Waals surface area contributed by atoms with Gasteiger partial charge in [-0.1, -0.05) is 0 Å². The van der Waals surface area contributed by atoms with Crippen LogP contribution < -0.4 is 5.32 Å². The maximum atomic E-state index is 12.1. The fourth-order valence-corrected chi connectivity index (χ4v) is 4.09. The minimum Gasteiger partial charge on any atom is -0.382 e. The van der Waals surface area contributed by atoms with Crippen LogP contribution in [0.15, 0.2) is 11.4 Å². The molecule has 1 aromatic heterocycles. The van der Waals surface area contributed by atoms with E-state index in [2.05, 4.69) is 5.32 Å². The van der Waals surface area contributed by atoms with Gasteiger partial charge >= 0.3 is 6.18 Å². The molecule has 2 atom stereocenters. The molecule has 0 unspecified atom stereocenters. The SMILES string of the molecule is O=C(NC[C@@H](O)C(F)(F)F)[C@@H]1SCCc2sccc21. The summed E-state index contributed by atoms with van der Waals surface area (Å²) in [6.07, 6.45) is -6.35. The number of aliphatic hydroxyl groups excluding tert-OH is 1. The molecule has 0 bridgehead atoms. The Labute approximate surface area is 116 Å². The summed E-state index contributed by atoms with van der Waals surface area (Å²) in [7, 11) is 0. The minimum absolute atomic E-state index is 0.476. The molecule has 0 radical (unpaired) electrons. The van der Waals surface area contributed by atoms with Gasteiger partial charge in [0.1, 0.15) is 5.25 Å². The number of fused-ring (bicyclic) bond motifs is 1. The molecule has 0 saturated heterocycles. The molecule has 0 spiro atoms. The zero-order valence-electron chi connectivity index (χ0n) is 9.74. The Hall–Kier alpha value is -0.730. The van der Waals surface area contributed by atoms with Crippen LogP contribution in [-0.4, -0.2) is 35.6 Å². The number of carbonyl (C=O) groups is 1. The van der Waals surface area contributed by atoms with Crippen LogP contribution >= 0.6 is 23.1 Å². The Morgan fingerprint density at radius 1 is 1.58 bits per heavy atom. The Kier molecular flexibility index (Phi) is 4.42. The van der Waals surface area contributed by atoms with E-state index in [0.717, 1.165) is 22.6 Å². The number of hydrogen-bond acceptors (Lipinski definition) is 4.